The molecule has 1 atom stereocenters. The van der Waals surface area contributed by atoms with E-state index in [0.29, 0.717) is 24.9 Å². The van der Waals surface area contributed by atoms with Crippen molar-refractivity contribution in [3.05, 3.63) is 59.9 Å². The first-order valence-corrected chi connectivity index (χ1v) is 9.34. The summed E-state index contributed by atoms with van der Waals surface area (Å²) in [6.45, 7) is 0. The molecule has 1 aromatic heterocycles. The molecule has 3 rings (SSSR count). The number of amides is 2. The van der Waals surface area contributed by atoms with Crippen molar-refractivity contribution < 1.29 is 9.59 Å². The molecule has 0 saturated heterocycles. The SMILES string of the molecule is N=C(N=CCCCc1ccccc1)C(=O)N[C@H]1CCc2ncccc2NC1=O. The highest BCUT2D eigenvalue weighted by Crippen LogP contribution is 2.19. The summed E-state index contributed by atoms with van der Waals surface area (Å²) in [7, 11) is 0. The molecule has 28 heavy (non-hydrogen) atoms. The van der Waals surface area contributed by atoms with E-state index in [0.717, 1.165) is 18.5 Å². The van der Waals surface area contributed by atoms with Gasteiger partial charge in [-0.25, -0.2) is 4.99 Å². The number of carbonyl (C=O) groups excluding carboxylic acids is 2. The van der Waals surface area contributed by atoms with Crippen molar-refractivity contribution in [3.8, 4) is 0 Å². The highest BCUT2D eigenvalue weighted by Gasteiger charge is 2.26. The minimum Gasteiger partial charge on any atom is -0.338 e. The predicted octanol–water partition coefficient (Wildman–Crippen LogP) is 2.52. The topological polar surface area (TPSA) is 107 Å². The van der Waals surface area contributed by atoms with E-state index in [1.165, 1.54) is 5.56 Å². The van der Waals surface area contributed by atoms with Crippen LogP contribution in [0.3, 0.4) is 0 Å². The van der Waals surface area contributed by atoms with E-state index >= 15 is 0 Å². The summed E-state index contributed by atoms with van der Waals surface area (Å²) in [5.74, 6) is -1.36. The minimum atomic E-state index is -0.713. The number of aromatic nitrogens is 1. The van der Waals surface area contributed by atoms with Gasteiger partial charge in [0.15, 0.2) is 0 Å². The van der Waals surface area contributed by atoms with E-state index in [-0.39, 0.29) is 5.91 Å². The number of aliphatic imine (C=N–C) groups is 1. The highest BCUT2D eigenvalue weighted by atomic mass is 16.2. The number of rotatable bonds is 5. The van der Waals surface area contributed by atoms with E-state index < -0.39 is 17.8 Å². The van der Waals surface area contributed by atoms with Crippen molar-refractivity contribution in [3.63, 3.8) is 0 Å². The van der Waals surface area contributed by atoms with Gasteiger partial charge < -0.3 is 10.6 Å². The maximum absolute atomic E-state index is 12.3. The molecule has 2 heterocycles. The third kappa shape index (κ3) is 5.33. The van der Waals surface area contributed by atoms with E-state index in [1.807, 2.05) is 18.2 Å². The Balaban J connectivity index is 1.45. The van der Waals surface area contributed by atoms with Crippen LogP contribution in [0, 0.1) is 5.41 Å². The van der Waals surface area contributed by atoms with Crippen LogP contribution in [0.15, 0.2) is 53.7 Å². The lowest BCUT2D eigenvalue weighted by molar-refractivity contribution is -0.123. The fraction of sp³-hybridized carbons (Fsp3) is 0.286. The summed E-state index contributed by atoms with van der Waals surface area (Å²) in [6, 6.07) is 12.9. The standard InChI is InChI=1S/C21H23N5O2/c22-19(24-13-5-4-9-15-7-2-1-3-8-15)21(28)26-18-12-11-16-17(25-20(18)27)10-6-14-23-16/h1-3,6-8,10,13-14,18,22H,4-5,9,11-12H2,(H,25,27)(H,26,28)/t18-/m0/s1. The van der Waals surface area contributed by atoms with Gasteiger partial charge in [-0.3, -0.25) is 20.0 Å². The van der Waals surface area contributed by atoms with Crippen LogP contribution >= 0.6 is 0 Å². The molecule has 0 unspecified atom stereocenters. The molecule has 2 amide bonds. The molecule has 0 aliphatic carbocycles. The Morgan fingerprint density at radius 2 is 2.11 bits per heavy atom. The molecule has 0 spiro atoms. The Morgan fingerprint density at radius 1 is 1.29 bits per heavy atom. The van der Waals surface area contributed by atoms with Gasteiger partial charge in [-0.1, -0.05) is 30.3 Å². The van der Waals surface area contributed by atoms with Crippen molar-refractivity contribution in [2.75, 3.05) is 5.32 Å². The minimum absolute atomic E-state index is 0.306. The lowest BCUT2D eigenvalue weighted by Crippen LogP contribution is -2.45. The maximum atomic E-state index is 12.3. The number of aryl methyl sites for hydroxylation is 2. The van der Waals surface area contributed by atoms with Crippen molar-refractivity contribution in [1.29, 1.82) is 5.41 Å². The van der Waals surface area contributed by atoms with Crippen LogP contribution in [0.2, 0.25) is 0 Å². The molecule has 0 fully saturated rings. The first-order chi connectivity index (χ1) is 13.6. The van der Waals surface area contributed by atoms with E-state index in [2.05, 4.69) is 32.7 Å². The van der Waals surface area contributed by atoms with Crippen molar-refractivity contribution in [2.45, 2.75) is 38.1 Å². The highest BCUT2D eigenvalue weighted by molar-refractivity contribution is 6.38. The number of nitrogens with one attached hydrogen (secondary N) is 3. The molecule has 0 bridgehead atoms. The Bertz CT molecular complexity index is 879. The number of anilines is 1. The second kappa shape index (κ2) is 9.55. The molecular weight excluding hydrogens is 354 g/mol. The lowest BCUT2D eigenvalue weighted by Gasteiger charge is -2.14. The largest absolute Gasteiger partial charge is 0.338 e. The number of fused-ring (bicyclic) bond motifs is 1. The second-order valence-corrected chi connectivity index (χ2v) is 6.59. The first kappa shape index (κ1) is 19.4. The fourth-order valence-corrected chi connectivity index (χ4v) is 3.00. The van der Waals surface area contributed by atoms with Crippen LogP contribution in [0.25, 0.3) is 0 Å². The number of nitrogens with zero attached hydrogens (tertiary/aromatic N) is 2. The van der Waals surface area contributed by atoms with Crippen molar-refractivity contribution in [2.24, 2.45) is 4.99 Å². The van der Waals surface area contributed by atoms with Gasteiger partial charge in [-0.05, 0) is 49.8 Å². The smallest absolute Gasteiger partial charge is 0.289 e. The van der Waals surface area contributed by atoms with Gasteiger partial charge in [0, 0.05) is 12.4 Å². The zero-order valence-corrected chi connectivity index (χ0v) is 15.5. The first-order valence-electron chi connectivity index (χ1n) is 9.34. The van der Waals surface area contributed by atoms with Gasteiger partial charge in [-0.2, -0.15) is 0 Å². The molecule has 1 aromatic carbocycles. The zero-order chi connectivity index (χ0) is 19.8. The summed E-state index contributed by atoms with van der Waals surface area (Å²) >= 11 is 0. The van der Waals surface area contributed by atoms with Gasteiger partial charge in [0.1, 0.15) is 6.04 Å². The molecular formula is C21H23N5O2. The summed E-state index contributed by atoms with van der Waals surface area (Å²) in [4.78, 5) is 32.6. The maximum Gasteiger partial charge on any atom is 0.289 e. The van der Waals surface area contributed by atoms with Gasteiger partial charge in [-0.15, -0.1) is 0 Å². The third-order valence-electron chi connectivity index (χ3n) is 4.52. The Morgan fingerprint density at radius 3 is 2.93 bits per heavy atom. The molecule has 7 nitrogen and oxygen atoms in total. The fourth-order valence-electron chi connectivity index (χ4n) is 3.00. The number of benzene rings is 1. The molecule has 3 N–H and O–H groups in total. The van der Waals surface area contributed by atoms with Crippen LogP contribution in [-0.4, -0.2) is 34.9 Å². The van der Waals surface area contributed by atoms with Crippen LogP contribution in [0.1, 0.15) is 30.5 Å². The van der Waals surface area contributed by atoms with Gasteiger partial charge in [0.05, 0.1) is 11.4 Å². The third-order valence-corrected chi connectivity index (χ3v) is 4.52. The molecule has 2 aromatic rings. The number of pyridine rings is 1. The van der Waals surface area contributed by atoms with E-state index in [9.17, 15) is 9.59 Å². The number of amidine groups is 1. The van der Waals surface area contributed by atoms with E-state index in [4.69, 9.17) is 5.41 Å². The Labute approximate surface area is 163 Å². The Hall–Kier alpha value is -3.35. The molecule has 1 aliphatic rings. The molecule has 144 valence electrons. The van der Waals surface area contributed by atoms with Crippen LogP contribution < -0.4 is 10.6 Å². The quantitative estimate of drug-likeness (QED) is 0.423. The van der Waals surface area contributed by atoms with Crippen LogP contribution in [0.4, 0.5) is 5.69 Å². The summed E-state index contributed by atoms with van der Waals surface area (Å²) in [6.07, 6.45) is 6.73. The number of hydrogen-bond acceptors (Lipinski definition) is 4. The van der Waals surface area contributed by atoms with Crippen LogP contribution in [-0.2, 0) is 22.4 Å². The lowest BCUT2D eigenvalue weighted by atomic mass is 10.1. The Kier molecular flexibility index (Phi) is 6.62. The molecule has 7 heteroatoms. The predicted molar refractivity (Wildman–Crippen MR) is 109 cm³/mol. The summed E-state index contributed by atoms with van der Waals surface area (Å²) < 4.78 is 0. The summed E-state index contributed by atoms with van der Waals surface area (Å²) in [5.41, 5.74) is 2.70. The second-order valence-electron chi connectivity index (χ2n) is 6.59. The average Bonchev–Trinajstić information content (AvgIpc) is 2.87. The average molecular weight is 377 g/mol. The normalized spacial score (nSPS) is 16.1. The molecule has 0 radical (unpaired) electrons. The van der Waals surface area contributed by atoms with Crippen LogP contribution in [0.5, 0.6) is 0 Å². The van der Waals surface area contributed by atoms with Gasteiger partial charge in [0.2, 0.25) is 11.7 Å². The number of hydrogen-bond donors (Lipinski definition) is 3. The molecule has 0 saturated carbocycles. The van der Waals surface area contributed by atoms with Crippen molar-refractivity contribution in [1.82, 2.24) is 10.3 Å². The number of carbonyl (C=O) groups is 2. The van der Waals surface area contributed by atoms with E-state index in [1.54, 1.807) is 24.5 Å². The zero-order valence-electron chi connectivity index (χ0n) is 15.5. The van der Waals surface area contributed by atoms with Gasteiger partial charge >= 0.3 is 0 Å². The monoisotopic (exact) mass is 377 g/mol. The summed E-state index contributed by atoms with van der Waals surface area (Å²) in [5, 5.41) is 13.2. The number of unbranched alkanes of at least 4 members (excludes halogenated alkanes) is 1. The van der Waals surface area contributed by atoms with Crippen molar-refractivity contribution >= 4 is 29.6 Å². The molecule has 1 aliphatic heterocycles. The van der Waals surface area contributed by atoms with Gasteiger partial charge in [0.25, 0.3) is 5.91 Å².